The van der Waals surface area contributed by atoms with Gasteiger partial charge >= 0.3 is 0 Å². The van der Waals surface area contributed by atoms with E-state index in [2.05, 4.69) is 10.3 Å². The number of amides is 1. The van der Waals surface area contributed by atoms with Gasteiger partial charge in [-0.3, -0.25) is 4.79 Å². The molecule has 2 aromatic rings. The first-order chi connectivity index (χ1) is 9.65. The van der Waals surface area contributed by atoms with Gasteiger partial charge in [0.25, 0.3) is 0 Å². The number of carbonyl (C=O) groups is 1. The number of nitrogens with zero attached hydrogens (tertiary/aromatic N) is 1. The molecule has 20 heavy (non-hydrogen) atoms. The van der Waals surface area contributed by atoms with E-state index in [9.17, 15) is 14.3 Å². The Morgan fingerprint density at radius 2 is 2.20 bits per heavy atom. The van der Waals surface area contributed by atoms with Crippen LogP contribution < -0.4 is 5.32 Å². The van der Waals surface area contributed by atoms with Crippen molar-refractivity contribution < 1.29 is 14.3 Å². The van der Waals surface area contributed by atoms with E-state index in [0.29, 0.717) is 6.42 Å². The van der Waals surface area contributed by atoms with E-state index in [1.807, 2.05) is 6.07 Å². The van der Waals surface area contributed by atoms with E-state index in [0.717, 1.165) is 5.56 Å². The van der Waals surface area contributed by atoms with Crippen molar-refractivity contribution in [1.29, 1.82) is 0 Å². The largest absolute Gasteiger partial charge is 0.504 e. The molecule has 0 spiro atoms. The maximum atomic E-state index is 13.1. The van der Waals surface area contributed by atoms with Crippen LogP contribution in [-0.4, -0.2) is 16.0 Å². The number of rotatable bonds is 3. The molecule has 1 aromatic carbocycles. The number of aromatic nitrogens is 1. The Hall–Kier alpha value is -2.43. The van der Waals surface area contributed by atoms with Crippen LogP contribution >= 0.6 is 0 Å². The third kappa shape index (κ3) is 2.47. The molecule has 1 aliphatic carbocycles. The highest BCUT2D eigenvalue weighted by atomic mass is 19.1. The molecule has 102 valence electrons. The van der Waals surface area contributed by atoms with Gasteiger partial charge in [0.1, 0.15) is 5.82 Å². The van der Waals surface area contributed by atoms with E-state index < -0.39 is 0 Å². The van der Waals surface area contributed by atoms with Crippen LogP contribution in [0.3, 0.4) is 0 Å². The minimum Gasteiger partial charge on any atom is -0.504 e. The predicted molar refractivity (Wildman–Crippen MR) is 71.8 cm³/mol. The number of carbonyl (C=O) groups excluding carboxylic acids is 1. The van der Waals surface area contributed by atoms with Crippen LogP contribution in [0.5, 0.6) is 5.75 Å². The molecule has 2 N–H and O–H groups in total. The smallest absolute Gasteiger partial charge is 0.229 e. The summed E-state index contributed by atoms with van der Waals surface area (Å²) in [6.45, 7) is 0. The highest BCUT2D eigenvalue weighted by molar-refractivity contribution is 5.95. The maximum Gasteiger partial charge on any atom is 0.229 e. The van der Waals surface area contributed by atoms with Gasteiger partial charge in [0.05, 0.1) is 0 Å². The molecule has 1 fully saturated rings. The van der Waals surface area contributed by atoms with Crippen molar-refractivity contribution in [3.05, 3.63) is 54.0 Å². The Morgan fingerprint density at radius 1 is 1.35 bits per heavy atom. The lowest BCUT2D eigenvalue weighted by Crippen LogP contribution is -2.15. The molecule has 1 amide bonds. The number of hydrogen-bond donors (Lipinski definition) is 2. The van der Waals surface area contributed by atoms with Crippen molar-refractivity contribution in [2.75, 3.05) is 5.32 Å². The first kappa shape index (κ1) is 12.6. The predicted octanol–water partition coefficient (Wildman–Crippen LogP) is 2.67. The highest BCUT2D eigenvalue weighted by Gasteiger charge is 2.44. The average Bonchev–Trinajstić information content (AvgIpc) is 3.22. The fourth-order valence-corrected chi connectivity index (χ4v) is 2.29. The molecule has 0 saturated heterocycles. The van der Waals surface area contributed by atoms with Crippen LogP contribution in [0.1, 0.15) is 17.9 Å². The summed E-state index contributed by atoms with van der Waals surface area (Å²) < 4.78 is 13.1. The van der Waals surface area contributed by atoms with E-state index in [4.69, 9.17) is 0 Å². The van der Waals surface area contributed by atoms with Crippen LogP contribution in [0.25, 0.3) is 0 Å². The van der Waals surface area contributed by atoms with E-state index in [1.54, 1.807) is 12.1 Å². The van der Waals surface area contributed by atoms with Gasteiger partial charge < -0.3 is 10.4 Å². The molecular formula is C15H13FN2O2. The van der Waals surface area contributed by atoms with Gasteiger partial charge in [-0.2, -0.15) is 0 Å². The minimum absolute atomic E-state index is 0.0385. The van der Waals surface area contributed by atoms with Crippen molar-refractivity contribution in [2.24, 2.45) is 5.92 Å². The van der Waals surface area contributed by atoms with Crippen LogP contribution in [0.2, 0.25) is 0 Å². The zero-order valence-corrected chi connectivity index (χ0v) is 10.6. The zero-order chi connectivity index (χ0) is 14.1. The minimum atomic E-state index is -0.295. The molecule has 0 bridgehead atoms. The molecule has 0 radical (unpaired) electrons. The molecule has 0 unspecified atom stereocenters. The van der Waals surface area contributed by atoms with Crippen LogP contribution in [0.15, 0.2) is 42.6 Å². The van der Waals surface area contributed by atoms with Crippen molar-refractivity contribution in [3.63, 3.8) is 0 Å². The monoisotopic (exact) mass is 272 g/mol. The molecule has 1 aromatic heterocycles. The molecule has 2 atom stereocenters. The Kier molecular flexibility index (Phi) is 3.10. The Morgan fingerprint density at radius 3 is 2.95 bits per heavy atom. The van der Waals surface area contributed by atoms with E-state index in [-0.39, 0.29) is 35.1 Å². The number of hydrogen-bond acceptors (Lipinski definition) is 3. The third-order valence-corrected chi connectivity index (χ3v) is 3.43. The fraction of sp³-hybridized carbons (Fsp3) is 0.200. The Bertz CT molecular complexity index is 660. The normalized spacial score (nSPS) is 20.4. The van der Waals surface area contributed by atoms with Crippen LogP contribution in [-0.2, 0) is 4.79 Å². The molecule has 1 saturated carbocycles. The first-order valence-electron chi connectivity index (χ1n) is 6.35. The van der Waals surface area contributed by atoms with Crippen LogP contribution in [0, 0.1) is 11.7 Å². The number of aromatic hydroxyl groups is 1. The Labute approximate surface area is 115 Å². The summed E-state index contributed by atoms with van der Waals surface area (Å²) in [7, 11) is 0. The van der Waals surface area contributed by atoms with Gasteiger partial charge in [-0.05, 0) is 42.2 Å². The average molecular weight is 272 g/mol. The number of anilines is 1. The summed E-state index contributed by atoms with van der Waals surface area (Å²) in [6.07, 6.45) is 2.18. The van der Waals surface area contributed by atoms with Crippen LogP contribution in [0.4, 0.5) is 10.2 Å². The highest BCUT2D eigenvalue weighted by Crippen LogP contribution is 2.48. The molecule has 3 rings (SSSR count). The topological polar surface area (TPSA) is 62.2 Å². The number of halogens is 1. The van der Waals surface area contributed by atoms with Crippen molar-refractivity contribution in [3.8, 4) is 5.75 Å². The summed E-state index contributed by atoms with van der Waals surface area (Å²) >= 11 is 0. The second-order valence-electron chi connectivity index (χ2n) is 4.86. The number of nitrogens with one attached hydrogen (secondary N) is 1. The van der Waals surface area contributed by atoms with Gasteiger partial charge in [0, 0.05) is 12.1 Å². The molecule has 1 heterocycles. The van der Waals surface area contributed by atoms with E-state index >= 15 is 0 Å². The van der Waals surface area contributed by atoms with Gasteiger partial charge in [-0.15, -0.1) is 0 Å². The molecule has 4 nitrogen and oxygen atoms in total. The lowest BCUT2D eigenvalue weighted by atomic mass is 10.1. The second-order valence-corrected chi connectivity index (χ2v) is 4.86. The molecule has 5 heteroatoms. The summed E-state index contributed by atoms with van der Waals surface area (Å²) in [6, 6.07) is 9.34. The van der Waals surface area contributed by atoms with Crippen molar-refractivity contribution in [1.82, 2.24) is 4.98 Å². The lowest BCUT2D eigenvalue weighted by molar-refractivity contribution is -0.117. The van der Waals surface area contributed by atoms with Crippen molar-refractivity contribution in [2.45, 2.75) is 12.3 Å². The van der Waals surface area contributed by atoms with E-state index in [1.165, 1.54) is 24.4 Å². The molecule has 0 aliphatic heterocycles. The SMILES string of the molecule is O=C(Nc1ncccc1O)[C@@H]1C[C@H]1c1cccc(F)c1. The lowest BCUT2D eigenvalue weighted by Gasteiger charge is -2.05. The van der Waals surface area contributed by atoms with Crippen molar-refractivity contribution >= 4 is 11.7 Å². The standard InChI is InChI=1S/C15H13FN2O2/c16-10-4-1-3-9(7-10)11-8-12(11)15(20)18-14-13(19)5-2-6-17-14/h1-7,11-12,19H,8H2,(H,17,18,20)/t11-,12+/m0/s1. The van der Waals surface area contributed by atoms with Gasteiger partial charge in [0.15, 0.2) is 11.6 Å². The number of benzene rings is 1. The second kappa shape index (κ2) is 4.92. The Balaban J connectivity index is 1.68. The van der Waals surface area contributed by atoms with Gasteiger partial charge in [-0.1, -0.05) is 12.1 Å². The quantitative estimate of drug-likeness (QED) is 0.903. The third-order valence-electron chi connectivity index (χ3n) is 3.43. The summed E-state index contributed by atoms with van der Waals surface area (Å²) in [4.78, 5) is 15.9. The summed E-state index contributed by atoms with van der Waals surface area (Å²) in [5.74, 6) is -0.565. The van der Waals surface area contributed by atoms with Gasteiger partial charge in [-0.25, -0.2) is 9.37 Å². The first-order valence-corrected chi connectivity index (χ1v) is 6.35. The molecular weight excluding hydrogens is 259 g/mol. The molecule has 1 aliphatic rings. The summed E-state index contributed by atoms with van der Waals surface area (Å²) in [5.41, 5.74) is 0.829. The summed E-state index contributed by atoms with van der Waals surface area (Å²) in [5, 5.41) is 12.1. The fourth-order valence-electron chi connectivity index (χ4n) is 2.29. The number of pyridine rings is 1. The maximum absolute atomic E-state index is 13.1. The zero-order valence-electron chi connectivity index (χ0n) is 10.6. The van der Waals surface area contributed by atoms with Gasteiger partial charge in [0.2, 0.25) is 5.91 Å².